The zero-order chi connectivity index (χ0) is 15.6. The zero-order valence-corrected chi connectivity index (χ0v) is 14.5. The van der Waals surface area contributed by atoms with Gasteiger partial charge in [-0.2, -0.15) is 0 Å². The van der Waals surface area contributed by atoms with Crippen LogP contribution in [0.25, 0.3) is 0 Å². The highest BCUT2D eigenvalue weighted by molar-refractivity contribution is 6.89. The minimum absolute atomic E-state index is 0.180. The van der Waals surface area contributed by atoms with Crippen molar-refractivity contribution in [2.45, 2.75) is 37.8 Å². The number of ether oxygens (including phenoxy) is 1. The van der Waals surface area contributed by atoms with Crippen LogP contribution in [0.2, 0.25) is 19.1 Å². The Balaban J connectivity index is 1.72. The molecule has 1 nitrogen and oxygen atoms in total. The molecule has 0 amide bonds. The molecule has 2 aromatic rings. The maximum Gasteiger partial charge on any atom is 0.0870 e. The van der Waals surface area contributed by atoms with E-state index >= 15 is 0 Å². The lowest BCUT2D eigenvalue weighted by atomic mass is 10.0. The van der Waals surface area contributed by atoms with E-state index in [4.69, 9.17) is 4.74 Å². The molecule has 0 radical (unpaired) electrons. The van der Waals surface area contributed by atoms with Gasteiger partial charge in [0.05, 0.1) is 20.3 Å². The molecule has 3 rings (SSSR count). The van der Waals surface area contributed by atoms with Crippen LogP contribution in [0, 0.1) is 0 Å². The third-order valence-corrected chi connectivity index (χ3v) is 7.94. The van der Waals surface area contributed by atoms with E-state index < -0.39 is 8.07 Å². The van der Waals surface area contributed by atoms with Crippen molar-refractivity contribution in [3.05, 3.63) is 78.4 Å². The van der Waals surface area contributed by atoms with Gasteiger partial charge in [0.15, 0.2) is 0 Å². The Hall–Kier alpha value is -1.64. The first-order valence-electron chi connectivity index (χ1n) is 8.00. The molecule has 1 aliphatic rings. The Morgan fingerprint density at radius 1 is 1.00 bits per heavy atom. The number of benzene rings is 2. The molecule has 0 saturated carbocycles. The van der Waals surface area contributed by atoms with Crippen LogP contribution in [0.5, 0.6) is 0 Å². The fraction of sp³-hybridized carbons (Fsp3) is 0.300. The van der Waals surface area contributed by atoms with Crippen molar-refractivity contribution in [2.75, 3.05) is 0 Å². The molecular formula is C20H24OSi. The molecule has 1 aliphatic heterocycles. The molecule has 1 fully saturated rings. The van der Waals surface area contributed by atoms with Crippen LogP contribution in [0.4, 0.5) is 0 Å². The molecule has 0 unspecified atom stereocenters. The van der Waals surface area contributed by atoms with Crippen LogP contribution in [-0.2, 0) is 4.74 Å². The predicted octanol–water partition coefficient (Wildman–Crippen LogP) is 4.69. The fourth-order valence-corrected chi connectivity index (χ4v) is 5.88. The second kappa shape index (κ2) is 6.23. The Morgan fingerprint density at radius 3 is 2.23 bits per heavy atom. The lowest BCUT2D eigenvalue weighted by molar-refractivity contribution is 0.0616. The minimum atomic E-state index is -1.50. The summed E-state index contributed by atoms with van der Waals surface area (Å²) in [5.74, 6) is 0. The number of hydrogen-bond acceptors (Lipinski definition) is 1. The van der Waals surface area contributed by atoms with Crippen LogP contribution in [-0.4, -0.2) is 14.2 Å². The summed E-state index contributed by atoms with van der Waals surface area (Å²) in [6.07, 6.45) is 1.33. The van der Waals surface area contributed by atoms with E-state index in [1.165, 1.54) is 16.3 Å². The lowest BCUT2D eigenvalue weighted by Gasteiger charge is -2.27. The quantitative estimate of drug-likeness (QED) is 0.588. The first-order valence-corrected chi connectivity index (χ1v) is 11.2. The molecule has 0 spiro atoms. The molecule has 2 atom stereocenters. The van der Waals surface area contributed by atoms with E-state index in [9.17, 15) is 0 Å². The molecule has 22 heavy (non-hydrogen) atoms. The van der Waals surface area contributed by atoms with Crippen LogP contribution >= 0.6 is 0 Å². The standard InChI is InChI=1S/C20H24OSi/c1-16-14-19(17-10-6-4-7-11-17)21-20(16)15-22(2,3)18-12-8-5-9-13-18/h4-13,19-20H,1,14-15H2,2-3H3/t19-,20-/m0/s1. The highest BCUT2D eigenvalue weighted by Crippen LogP contribution is 2.38. The Bertz CT molecular complexity index is 633. The summed E-state index contributed by atoms with van der Waals surface area (Å²) in [7, 11) is -1.50. The van der Waals surface area contributed by atoms with E-state index in [-0.39, 0.29) is 12.2 Å². The molecule has 0 aliphatic carbocycles. The second-order valence-corrected chi connectivity index (χ2v) is 11.6. The SMILES string of the molecule is C=C1C[C@@H](c2ccccc2)O[C@H]1C[Si](C)(C)c1ccccc1. The molecule has 2 heteroatoms. The minimum Gasteiger partial charge on any atom is -0.366 e. The van der Waals surface area contributed by atoms with Crippen LogP contribution in [0.15, 0.2) is 72.8 Å². The largest absolute Gasteiger partial charge is 0.366 e. The van der Waals surface area contributed by atoms with Gasteiger partial charge < -0.3 is 4.74 Å². The third kappa shape index (κ3) is 3.23. The van der Waals surface area contributed by atoms with Gasteiger partial charge in [0.2, 0.25) is 0 Å². The normalized spacial score (nSPS) is 22.0. The maximum absolute atomic E-state index is 6.35. The van der Waals surface area contributed by atoms with Crippen LogP contribution in [0.3, 0.4) is 0 Å². The summed E-state index contributed by atoms with van der Waals surface area (Å²) in [4.78, 5) is 0. The Morgan fingerprint density at radius 2 is 1.59 bits per heavy atom. The van der Waals surface area contributed by atoms with Crippen molar-refractivity contribution in [3.8, 4) is 0 Å². The van der Waals surface area contributed by atoms with Gasteiger partial charge in [-0.1, -0.05) is 85.5 Å². The number of hydrogen-bond donors (Lipinski definition) is 0. The lowest BCUT2D eigenvalue weighted by Crippen LogP contribution is -2.44. The van der Waals surface area contributed by atoms with Gasteiger partial charge >= 0.3 is 0 Å². The smallest absolute Gasteiger partial charge is 0.0870 e. The highest BCUT2D eigenvalue weighted by Gasteiger charge is 2.35. The average Bonchev–Trinajstić information content (AvgIpc) is 2.89. The van der Waals surface area contributed by atoms with Gasteiger partial charge in [-0.25, -0.2) is 0 Å². The summed E-state index contributed by atoms with van der Waals surface area (Å²) < 4.78 is 6.35. The predicted molar refractivity (Wildman–Crippen MR) is 96.2 cm³/mol. The van der Waals surface area contributed by atoms with Crippen molar-refractivity contribution in [1.29, 1.82) is 0 Å². The van der Waals surface area contributed by atoms with Gasteiger partial charge in [-0.3, -0.25) is 0 Å². The van der Waals surface area contributed by atoms with Crippen molar-refractivity contribution < 1.29 is 4.74 Å². The first kappa shape index (κ1) is 15.3. The van der Waals surface area contributed by atoms with E-state index in [1.54, 1.807) is 0 Å². The maximum atomic E-state index is 6.35. The molecular weight excluding hydrogens is 284 g/mol. The van der Waals surface area contributed by atoms with Gasteiger partial charge in [0.1, 0.15) is 0 Å². The van der Waals surface area contributed by atoms with Gasteiger partial charge in [0.25, 0.3) is 0 Å². The fourth-order valence-electron chi connectivity index (χ4n) is 3.24. The second-order valence-electron chi connectivity index (χ2n) is 6.84. The zero-order valence-electron chi connectivity index (χ0n) is 13.5. The summed E-state index contributed by atoms with van der Waals surface area (Å²) in [6, 6.07) is 22.5. The molecule has 0 N–H and O–H groups in total. The van der Waals surface area contributed by atoms with Crippen molar-refractivity contribution in [1.82, 2.24) is 0 Å². The van der Waals surface area contributed by atoms with E-state index in [0.29, 0.717) is 0 Å². The van der Waals surface area contributed by atoms with Gasteiger partial charge in [-0.05, 0) is 17.2 Å². The molecule has 0 aromatic heterocycles. The van der Waals surface area contributed by atoms with Crippen molar-refractivity contribution in [2.24, 2.45) is 0 Å². The summed E-state index contributed by atoms with van der Waals surface area (Å²) in [6.45, 7) is 9.14. The average molecular weight is 308 g/mol. The van der Waals surface area contributed by atoms with E-state index in [0.717, 1.165) is 12.5 Å². The van der Waals surface area contributed by atoms with E-state index in [1.807, 2.05) is 0 Å². The molecule has 1 saturated heterocycles. The first-order chi connectivity index (χ1) is 10.6. The summed E-state index contributed by atoms with van der Waals surface area (Å²) in [5, 5.41) is 1.49. The van der Waals surface area contributed by atoms with Crippen LogP contribution < -0.4 is 5.19 Å². The monoisotopic (exact) mass is 308 g/mol. The molecule has 114 valence electrons. The van der Waals surface area contributed by atoms with Crippen molar-refractivity contribution >= 4 is 13.3 Å². The Kier molecular flexibility index (Phi) is 4.32. The number of rotatable bonds is 4. The van der Waals surface area contributed by atoms with Gasteiger partial charge in [0, 0.05) is 6.42 Å². The molecule has 0 bridgehead atoms. The van der Waals surface area contributed by atoms with Gasteiger partial charge in [-0.15, -0.1) is 0 Å². The third-order valence-electron chi connectivity index (χ3n) is 4.65. The molecule has 1 heterocycles. The van der Waals surface area contributed by atoms with Crippen LogP contribution in [0.1, 0.15) is 18.1 Å². The summed E-state index contributed by atoms with van der Waals surface area (Å²) in [5.41, 5.74) is 2.52. The highest BCUT2D eigenvalue weighted by atomic mass is 28.3. The Labute approximate surface area is 134 Å². The van der Waals surface area contributed by atoms with E-state index in [2.05, 4.69) is 80.3 Å². The topological polar surface area (TPSA) is 9.23 Å². The summed E-state index contributed by atoms with van der Waals surface area (Å²) >= 11 is 0. The van der Waals surface area contributed by atoms with Crippen molar-refractivity contribution in [3.63, 3.8) is 0 Å². The molecule has 2 aromatic carbocycles.